The van der Waals surface area contributed by atoms with Gasteiger partial charge in [-0.3, -0.25) is 0 Å². The van der Waals surface area contributed by atoms with Crippen LogP contribution in [0.15, 0.2) is 11.5 Å². The molecule has 1 heterocycles. The normalized spacial score (nSPS) is 12.9. The topological polar surface area (TPSA) is 76.2 Å². The number of nitrogens with two attached hydrogens (primary N) is 1. The minimum Gasteiger partial charge on any atom is -0.478 e. The summed E-state index contributed by atoms with van der Waals surface area (Å²) in [5.74, 6) is -0.977. The second-order valence-corrected chi connectivity index (χ2v) is 5.19. The Morgan fingerprint density at radius 1 is 1.60 bits per heavy atom. The Labute approximate surface area is 92.5 Å². The van der Waals surface area contributed by atoms with Crippen LogP contribution in [0.1, 0.15) is 26.5 Å². The van der Waals surface area contributed by atoms with Gasteiger partial charge in [0.2, 0.25) is 0 Å². The van der Waals surface area contributed by atoms with E-state index < -0.39 is 5.97 Å². The largest absolute Gasteiger partial charge is 0.478 e. The third-order valence-corrected chi connectivity index (χ3v) is 2.28. The molecule has 0 fully saturated rings. The summed E-state index contributed by atoms with van der Waals surface area (Å²) < 4.78 is 0. The van der Waals surface area contributed by atoms with E-state index in [-0.39, 0.29) is 11.0 Å². The van der Waals surface area contributed by atoms with Crippen molar-refractivity contribution in [3.05, 3.63) is 17.2 Å². The number of hydrogen-bond donors (Lipinski definition) is 2. The summed E-state index contributed by atoms with van der Waals surface area (Å²) in [6, 6.07) is 0. The average molecular weight is 226 g/mol. The van der Waals surface area contributed by atoms with Gasteiger partial charge in [0.1, 0.15) is 0 Å². The van der Waals surface area contributed by atoms with Crippen LogP contribution in [0, 0.1) is 5.41 Å². The molecule has 0 saturated heterocycles. The van der Waals surface area contributed by atoms with Crippen molar-refractivity contribution >= 4 is 28.0 Å². The van der Waals surface area contributed by atoms with Gasteiger partial charge in [0, 0.05) is 5.38 Å². The molecule has 15 heavy (non-hydrogen) atoms. The molecule has 1 aromatic heterocycles. The van der Waals surface area contributed by atoms with Crippen molar-refractivity contribution < 1.29 is 9.90 Å². The van der Waals surface area contributed by atoms with E-state index in [4.69, 9.17) is 10.8 Å². The van der Waals surface area contributed by atoms with Crippen LogP contribution in [0.5, 0.6) is 0 Å². The second kappa shape index (κ2) is 4.02. The standard InChI is InChI=1S/C10H14N2O2S/c1-10(2,3)4-6(8(13)14)7-5-15-9(11)12-7/h4-5H,1-3H3,(H2,11,12)(H,13,14)/b6-4-. The van der Waals surface area contributed by atoms with E-state index in [2.05, 4.69) is 4.98 Å². The van der Waals surface area contributed by atoms with Crippen molar-refractivity contribution in [1.29, 1.82) is 0 Å². The Balaban J connectivity index is 3.15. The number of nitrogen functional groups attached to an aromatic ring is 1. The van der Waals surface area contributed by atoms with Crippen molar-refractivity contribution in [3.8, 4) is 0 Å². The smallest absolute Gasteiger partial charge is 0.337 e. The first-order valence-corrected chi connectivity index (χ1v) is 5.35. The van der Waals surface area contributed by atoms with E-state index in [1.807, 2.05) is 20.8 Å². The van der Waals surface area contributed by atoms with Gasteiger partial charge >= 0.3 is 5.97 Å². The summed E-state index contributed by atoms with van der Waals surface area (Å²) in [6.45, 7) is 5.81. The number of thiazole rings is 1. The highest BCUT2D eigenvalue weighted by molar-refractivity contribution is 7.13. The van der Waals surface area contributed by atoms with Crippen molar-refractivity contribution in [2.45, 2.75) is 20.8 Å². The molecule has 0 amide bonds. The number of nitrogens with zero attached hydrogens (tertiary/aromatic N) is 1. The molecule has 0 aliphatic rings. The molecule has 0 unspecified atom stereocenters. The van der Waals surface area contributed by atoms with Gasteiger partial charge in [-0.1, -0.05) is 26.8 Å². The molecule has 0 aliphatic heterocycles. The number of allylic oxidation sites excluding steroid dienone is 1. The Bertz CT molecular complexity index is 402. The molecule has 82 valence electrons. The number of anilines is 1. The summed E-state index contributed by atoms with van der Waals surface area (Å²) in [5.41, 5.74) is 5.90. The quantitative estimate of drug-likeness (QED) is 0.758. The molecule has 0 saturated carbocycles. The van der Waals surface area contributed by atoms with E-state index in [1.165, 1.54) is 11.3 Å². The molecular weight excluding hydrogens is 212 g/mol. The zero-order valence-electron chi connectivity index (χ0n) is 8.94. The molecule has 0 spiro atoms. The van der Waals surface area contributed by atoms with Crippen LogP contribution in [-0.4, -0.2) is 16.1 Å². The van der Waals surface area contributed by atoms with Gasteiger partial charge in [0.15, 0.2) is 5.13 Å². The molecule has 3 N–H and O–H groups in total. The maximum Gasteiger partial charge on any atom is 0.337 e. The zero-order valence-corrected chi connectivity index (χ0v) is 9.76. The summed E-state index contributed by atoms with van der Waals surface area (Å²) in [7, 11) is 0. The SMILES string of the molecule is CC(C)(C)/C=C(\C(=O)O)c1csc(N)n1. The van der Waals surface area contributed by atoms with Crippen molar-refractivity contribution in [2.75, 3.05) is 5.73 Å². The van der Waals surface area contributed by atoms with Gasteiger partial charge in [-0.25, -0.2) is 9.78 Å². The first kappa shape index (κ1) is 11.7. The third-order valence-electron chi connectivity index (χ3n) is 1.61. The zero-order chi connectivity index (χ0) is 11.6. The summed E-state index contributed by atoms with van der Waals surface area (Å²) in [5, 5.41) is 11.1. The number of rotatable bonds is 2. The van der Waals surface area contributed by atoms with E-state index in [0.29, 0.717) is 10.8 Å². The summed E-state index contributed by atoms with van der Waals surface area (Å²) in [6.07, 6.45) is 1.68. The predicted molar refractivity (Wildman–Crippen MR) is 61.6 cm³/mol. The van der Waals surface area contributed by atoms with Crippen LogP contribution in [-0.2, 0) is 4.79 Å². The molecule has 0 radical (unpaired) electrons. The number of carboxylic acids is 1. The van der Waals surface area contributed by atoms with Crippen LogP contribution < -0.4 is 5.73 Å². The van der Waals surface area contributed by atoms with E-state index in [1.54, 1.807) is 11.5 Å². The van der Waals surface area contributed by atoms with E-state index in [0.717, 1.165) is 0 Å². The van der Waals surface area contributed by atoms with Crippen LogP contribution in [0.4, 0.5) is 5.13 Å². The summed E-state index contributed by atoms with van der Waals surface area (Å²) in [4.78, 5) is 15.0. The van der Waals surface area contributed by atoms with Crippen molar-refractivity contribution in [1.82, 2.24) is 4.98 Å². The lowest BCUT2D eigenvalue weighted by Gasteiger charge is -2.13. The maximum absolute atomic E-state index is 11.0. The molecule has 1 rings (SSSR count). The van der Waals surface area contributed by atoms with Gasteiger partial charge in [-0.2, -0.15) is 0 Å². The monoisotopic (exact) mass is 226 g/mol. The Kier molecular flexibility index (Phi) is 3.14. The highest BCUT2D eigenvalue weighted by Crippen LogP contribution is 2.25. The van der Waals surface area contributed by atoms with Crippen LogP contribution in [0.25, 0.3) is 5.57 Å². The highest BCUT2D eigenvalue weighted by Gasteiger charge is 2.17. The lowest BCUT2D eigenvalue weighted by molar-refractivity contribution is -0.130. The third kappa shape index (κ3) is 3.36. The first-order chi connectivity index (χ1) is 6.79. The molecule has 5 heteroatoms. The fourth-order valence-corrected chi connectivity index (χ4v) is 1.65. The molecule has 0 aromatic carbocycles. The van der Waals surface area contributed by atoms with Crippen LogP contribution in [0.2, 0.25) is 0 Å². The minimum absolute atomic E-state index is 0.202. The molecular formula is C10H14N2O2S. The molecule has 0 atom stereocenters. The average Bonchev–Trinajstić information content (AvgIpc) is 2.45. The predicted octanol–water partition coefficient (Wildman–Crippen LogP) is 2.24. The lowest BCUT2D eigenvalue weighted by atomic mass is 9.93. The number of carboxylic acid groups (broad SMARTS) is 1. The number of carbonyl (C=O) groups is 1. The van der Waals surface area contributed by atoms with E-state index in [9.17, 15) is 4.79 Å². The van der Waals surface area contributed by atoms with Gasteiger partial charge in [-0.05, 0) is 5.41 Å². The second-order valence-electron chi connectivity index (χ2n) is 4.30. The fraction of sp³-hybridized carbons (Fsp3) is 0.400. The van der Waals surface area contributed by atoms with Gasteiger partial charge in [0.25, 0.3) is 0 Å². The fourth-order valence-electron chi connectivity index (χ4n) is 1.09. The lowest BCUT2D eigenvalue weighted by Crippen LogP contribution is -2.07. The maximum atomic E-state index is 11.0. The molecule has 1 aromatic rings. The Morgan fingerprint density at radius 2 is 2.20 bits per heavy atom. The van der Waals surface area contributed by atoms with Gasteiger partial charge < -0.3 is 10.8 Å². The van der Waals surface area contributed by atoms with Gasteiger partial charge in [0.05, 0.1) is 11.3 Å². The molecule has 4 nitrogen and oxygen atoms in total. The molecule has 0 aliphatic carbocycles. The van der Waals surface area contributed by atoms with Crippen molar-refractivity contribution in [3.63, 3.8) is 0 Å². The van der Waals surface area contributed by atoms with Crippen molar-refractivity contribution in [2.24, 2.45) is 5.41 Å². The number of aliphatic carboxylic acids is 1. The highest BCUT2D eigenvalue weighted by atomic mass is 32.1. The Morgan fingerprint density at radius 3 is 2.53 bits per heavy atom. The molecule has 0 bridgehead atoms. The van der Waals surface area contributed by atoms with Crippen LogP contribution in [0.3, 0.4) is 0 Å². The first-order valence-electron chi connectivity index (χ1n) is 4.47. The minimum atomic E-state index is -0.977. The van der Waals surface area contributed by atoms with Gasteiger partial charge in [-0.15, -0.1) is 11.3 Å². The Hall–Kier alpha value is -1.36. The summed E-state index contributed by atoms with van der Waals surface area (Å²) >= 11 is 1.24. The number of aromatic nitrogens is 1. The van der Waals surface area contributed by atoms with Crippen LogP contribution >= 0.6 is 11.3 Å². The number of hydrogen-bond acceptors (Lipinski definition) is 4. The van der Waals surface area contributed by atoms with E-state index >= 15 is 0 Å².